The first kappa shape index (κ1) is 19.3. The number of carbonyl (C=O) groups excluding carboxylic acids is 2. The van der Waals surface area contributed by atoms with Crippen LogP contribution in [-0.2, 0) is 12.4 Å². The van der Waals surface area contributed by atoms with Gasteiger partial charge in [0.1, 0.15) is 0 Å². The summed E-state index contributed by atoms with van der Waals surface area (Å²) in [5.41, 5.74) is -0.341. The van der Waals surface area contributed by atoms with Crippen molar-refractivity contribution in [1.82, 2.24) is 10.9 Å². The third kappa shape index (κ3) is 4.74. The normalized spacial score (nSPS) is 11.8. The molecule has 2 rings (SSSR count). The predicted octanol–water partition coefficient (Wildman–Crippen LogP) is 3.80. The van der Waals surface area contributed by atoms with Crippen molar-refractivity contribution >= 4 is 11.8 Å². The summed E-state index contributed by atoms with van der Waals surface area (Å²) in [6.07, 6.45) is -10.2. The van der Waals surface area contributed by atoms with Gasteiger partial charge in [-0.15, -0.1) is 0 Å². The predicted molar refractivity (Wildman–Crippen MR) is 77.8 cm³/mol. The largest absolute Gasteiger partial charge is 0.416 e. The van der Waals surface area contributed by atoms with E-state index in [-0.39, 0.29) is 23.8 Å². The highest BCUT2D eigenvalue weighted by Crippen LogP contribution is 2.36. The molecule has 4 nitrogen and oxygen atoms in total. The van der Waals surface area contributed by atoms with Gasteiger partial charge in [0.15, 0.2) is 0 Å². The first-order valence-electron chi connectivity index (χ1n) is 6.93. The topological polar surface area (TPSA) is 58.2 Å². The molecular formula is C16H10F6N2O2. The minimum absolute atomic E-state index is 0.0979. The molecule has 0 aliphatic carbocycles. The molecule has 2 aromatic carbocycles. The molecule has 138 valence electrons. The lowest BCUT2D eigenvalue weighted by atomic mass is 10.0. The molecule has 0 spiro atoms. The van der Waals surface area contributed by atoms with E-state index in [1.807, 2.05) is 5.43 Å². The van der Waals surface area contributed by atoms with Crippen LogP contribution in [0.3, 0.4) is 0 Å². The lowest BCUT2D eigenvalue weighted by Gasteiger charge is -2.14. The smallest absolute Gasteiger partial charge is 0.267 e. The average molecular weight is 376 g/mol. The average Bonchev–Trinajstić information content (AvgIpc) is 2.58. The molecule has 0 fully saturated rings. The van der Waals surface area contributed by atoms with Crippen LogP contribution in [0.4, 0.5) is 26.3 Å². The van der Waals surface area contributed by atoms with Crippen molar-refractivity contribution in [1.29, 1.82) is 0 Å². The monoisotopic (exact) mass is 376 g/mol. The second-order valence-electron chi connectivity index (χ2n) is 5.07. The van der Waals surface area contributed by atoms with E-state index in [0.29, 0.717) is 0 Å². The Hall–Kier alpha value is -3.04. The van der Waals surface area contributed by atoms with E-state index in [1.165, 1.54) is 24.3 Å². The van der Waals surface area contributed by atoms with Crippen LogP contribution < -0.4 is 10.9 Å². The van der Waals surface area contributed by atoms with Crippen molar-refractivity contribution in [3.63, 3.8) is 0 Å². The Balaban J connectivity index is 2.23. The zero-order chi connectivity index (χ0) is 19.5. The second kappa shape index (κ2) is 7.06. The maximum atomic E-state index is 12.8. The molecule has 0 aromatic heterocycles. The van der Waals surface area contributed by atoms with Crippen molar-refractivity contribution < 1.29 is 35.9 Å². The molecule has 10 heteroatoms. The molecule has 0 aliphatic heterocycles. The van der Waals surface area contributed by atoms with Crippen LogP contribution in [0, 0.1) is 0 Å². The number of alkyl halides is 6. The number of carbonyl (C=O) groups is 2. The molecule has 0 radical (unpaired) electrons. The van der Waals surface area contributed by atoms with E-state index in [2.05, 4.69) is 0 Å². The van der Waals surface area contributed by atoms with Crippen LogP contribution >= 0.6 is 0 Å². The number of hydrogen-bond acceptors (Lipinski definition) is 2. The quantitative estimate of drug-likeness (QED) is 0.619. The van der Waals surface area contributed by atoms with Gasteiger partial charge >= 0.3 is 12.4 Å². The van der Waals surface area contributed by atoms with Gasteiger partial charge in [-0.2, -0.15) is 26.3 Å². The standard InChI is InChI=1S/C16H10F6N2O2/c17-15(18,19)11-6-10(7-12(8-11)16(20,21)22)14(26)24-23-13(25)9-4-2-1-3-5-9/h1-8H,(H,23,25)(H,24,26). The zero-order valence-corrected chi connectivity index (χ0v) is 12.7. The first-order chi connectivity index (χ1) is 12.0. The Labute approximate surface area is 142 Å². The van der Waals surface area contributed by atoms with Crippen LogP contribution in [0.2, 0.25) is 0 Å². The van der Waals surface area contributed by atoms with E-state index >= 15 is 0 Å². The molecule has 2 N–H and O–H groups in total. The van der Waals surface area contributed by atoms with Crippen LogP contribution in [0.25, 0.3) is 0 Å². The van der Waals surface area contributed by atoms with Gasteiger partial charge in [0, 0.05) is 11.1 Å². The third-order valence-corrected chi connectivity index (χ3v) is 3.18. The van der Waals surface area contributed by atoms with Crippen LogP contribution in [0.1, 0.15) is 31.8 Å². The van der Waals surface area contributed by atoms with Crippen molar-refractivity contribution in [3.8, 4) is 0 Å². The van der Waals surface area contributed by atoms with Crippen molar-refractivity contribution in [3.05, 3.63) is 70.8 Å². The van der Waals surface area contributed by atoms with Crippen molar-refractivity contribution in [2.75, 3.05) is 0 Å². The minimum atomic E-state index is -5.08. The summed E-state index contributed by atoms with van der Waals surface area (Å²) < 4.78 is 76.6. The highest BCUT2D eigenvalue weighted by Gasteiger charge is 2.37. The molecule has 0 atom stereocenters. The molecule has 0 aliphatic rings. The minimum Gasteiger partial charge on any atom is -0.267 e. The molecule has 0 saturated heterocycles. The Bertz CT molecular complexity index is 783. The molecule has 0 heterocycles. The zero-order valence-electron chi connectivity index (χ0n) is 12.7. The summed E-state index contributed by atoms with van der Waals surface area (Å²) in [6.45, 7) is 0. The highest BCUT2D eigenvalue weighted by molar-refractivity contribution is 5.99. The van der Waals surface area contributed by atoms with E-state index in [9.17, 15) is 35.9 Å². The van der Waals surface area contributed by atoms with Gasteiger partial charge in [0.05, 0.1) is 11.1 Å². The number of amides is 2. The second-order valence-corrected chi connectivity index (χ2v) is 5.07. The Kier molecular flexibility index (Phi) is 5.24. The fraction of sp³-hybridized carbons (Fsp3) is 0.125. The fourth-order valence-corrected chi connectivity index (χ4v) is 1.93. The van der Waals surface area contributed by atoms with E-state index in [4.69, 9.17) is 0 Å². The summed E-state index contributed by atoms with van der Waals surface area (Å²) in [5.74, 6) is -2.12. The maximum absolute atomic E-state index is 12.8. The maximum Gasteiger partial charge on any atom is 0.416 e. The van der Waals surface area contributed by atoms with Crippen molar-refractivity contribution in [2.45, 2.75) is 12.4 Å². The number of hydrogen-bond donors (Lipinski definition) is 2. The molecular weight excluding hydrogens is 366 g/mol. The van der Waals surface area contributed by atoms with Gasteiger partial charge in [0.25, 0.3) is 11.8 Å². The van der Waals surface area contributed by atoms with Crippen molar-refractivity contribution in [2.24, 2.45) is 0 Å². The van der Waals surface area contributed by atoms with Gasteiger partial charge in [-0.3, -0.25) is 20.4 Å². The molecule has 0 unspecified atom stereocenters. The molecule has 26 heavy (non-hydrogen) atoms. The summed E-state index contributed by atoms with van der Waals surface area (Å²) in [6, 6.07) is 7.90. The molecule has 0 saturated carbocycles. The van der Waals surface area contributed by atoms with Gasteiger partial charge in [0.2, 0.25) is 0 Å². The molecule has 2 amide bonds. The lowest BCUT2D eigenvalue weighted by molar-refractivity contribution is -0.143. The number of benzene rings is 2. The van der Waals surface area contributed by atoms with Gasteiger partial charge in [-0.05, 0) is 30.3 Å². The summed E-state index contributed by atoms with van der Waals surface area (Å²) >= 11 is 0. The Morgan fingerprint density at radius 3 is 1.50 bits per heavy atom. The van der Waals surface area contributed by atoms with E-state index in [1.54, 1.807) is 11.5 Å². The highest BCUT2D eigenvalue weighted by atomic mass is 19.4. The lowest BCUT2D eigenvalue weighted by Crippen LogP contribution is -2.41. The fourth-order valence-electron chi connectivity index (χ4n) is 1.93. The summed E-state index contributed by atoms with van der Waals surface area (Å²) in [7, 11) is 0. The summed E-state index contributed by atoms with van der Waals surface area (Å²) in [4.78, 5) is 23.6. The number of nitrogens with one attached hydrogen (secondary N) is 2. The van der Waals surface area contributed by atoms with E-state index in [0.717, 1.165) is 0 Å². The number of halogens is 6. The van der Waals surface area contributed by atoms with Gasteiger partial charge in [-0.25, -0.2) is 0 Å². The summed E-state index contributed by atoms with van der Waals surface area (Å²) in [5, 5.41) is 0. The van der Waals surface area contributed by atoms with Gasteiger partial charge < -0.3 is 0 Å². The SMILES string of the molecule is O=C(NNC(=O)c1cc(C(F)(F)F)cc(C(F)(F)F)c1)c1ccccc1. The van der Waals surface area contributed by atoms with Crippen LogP contribution in [0.15, 0.2) is 48.5 Å². The Morgan fingerprint density at radius 1 is 0.654 bits per heavy atom. The van der Waals surface area contributed by atoms with E-state index < -0.39 is 40.9 Å². The number of hydrazine groups is 1. The Morgan fingerprint density at radius 2 is 1.08 bits per heavy atom. The van der Waals surface area contributed by atoms with Gasteiger partial charge in [-0.1, -0.05) is 18.2 Å². The first-order valence-corrected chi connectivity index (χ1v) is 6.93. The molecule has 2 aromatic rings. The van der Waals surface area contributed by atoms with Crippen LogP contribution in [0.5, 0.6) is 0 Å². The van der Waals surface area contributed by atoms with Crippen LogP contribution in [-0.4, -0.2) is 11.8 Å². The molecule has 0 bridgehead atoms. The third-order valence-electron chi connectivity index (χ3n) is 3.18. The number of rotatable bonds is 2.